The maximum atomic E-state index is 13.0. The van der Waals surface area contributed by atoms with Gasteiger partial charge >= 0.3 is 12.0 Å². The number of esters is 1. The minimum atomic E-state index is -0.570. The lowest BCUT2D eigenvalue weighted by atomic mass is 9.94. The summed E-state index contributed by atoms with van der Waals surface area (Å²) in [5, 5.41) is 5.76. The fraction of sp³-hybridized carbons (Fsp3) is 0.370. The Kier molecular flexibility index (Phi) is 7.51. The summed E-state index contributed by atoms with van der Waals surface area (Å²) in [4.78, 5) is 41.6. The fourth-order valence-corrected chi connectivity index (χ4v) is 4.50. The van der Waals surface area contributed by atoms with Crippen molar-refractivity contribution < 1.29 is 19.1 Å². The third kappa shape index (κ3) is 5.71. The van der Waals surface area contributed by atoms with Crippen LogP contribution in [0.5, 0.6) is 0 Å². The van der Waals surface area contributed by atoms with E-state index in [2.05, 4.69) is 20.4 Å². The topological polar surface area (TPSA) is 91.0 Å². The van der Waals surface area contributed by atoms with Crippen molar-refractivity contribution in [2.24, 2.45) is 0 Å². The van der Waals surface area contributed by atoms with Crippen molar-refractivity contribution in [1.82, 2.24) is 15.5 Å². The van der Waals surface area contributed by atoms with Gasteiger partial charge in [-0.1, -0.05) is 29.8 Å². The van der Waals surface area contributed by atoms with Crippen LogP contribution in [0.15, 0.2) is 59.8 Å². The molecule has 2 amide bonds. The zero-order valence-corrected chi connectivity index (χ0v) is 20.5. The number of hydrogen-bond donors (Lipinski definition) is 2. The Morgan fingerprint density at radius 2 is 1.66 bits per heavy atom. The van der Waals surface area contributed by atoms with Crippen LogP contribution in [0.2, 0.25) is 0 Å². The molecule has 2 aliphatic heterocycles. The summed E-state index contributed by atoms with van der Waals surface area (Å²) in [7, 11) is 0. The minimum absolute atomic E-state index is 0.0556. The van der Waals surface area contributed by atoms with E-state index in [0.717, 1.165) is 43.0 Å². The maximum absolute atomic E-state index is 13.0. The molecule has 1 atom stereocenters. The molecule has 0 bridgehead atoms. The van der Waals surface area contributed by atoms with Gasteiger partial charge < -0.3 is 20.3 Å². The predicted molar refractivity (Wildman–Crippen MR) is 134 cm³/mol. The Labute approximate surface area is 205 Å². The summed E-state index contributed by atoms with van der Waals surface area (Å²) in [5.41, 5.74) is 4.75. The van der Waals surface area contributed by atoms with E-state index in [-0.39, 0.29) is 18.4 Å². The Hall–Kier alpha value is -3.65. The van der Waals surface area contributed by atoms with Crippen LogP contribution in [-0.4, -0.2) is 62.0 Å². The Bertz CT molecular complexity index is 1120. The summed E-state index contributed by atoms with van der Waals surface area (Å²) < 4.78 is 5.37. The molecule has 4 rings (SSSR count). The van der Waals surface area contributed by atoms with Gasteiger partial charge in [0.05, 0.1) is 18.2 Å². The number of piperazine rings is 1. The molecule has 0 spiro atoms. The highest BCUT2D eigenvalue weighted by atomic mass is 16.5. The van der Waals surface area contributed by atoms with E-state index in [1.54, 1.807) is 13.8 Å². The van der Waals surface area contributed by atoms with Gasteiger partial charge in [-0.2, -0.15) is 0 Å². The van der Waals surface area contributed by atoms with E-state index in [9.17, 15) is 14.4 Å². The Morgan fingerprint density at radius 1 is 1.00 bits per heavy atom. The van der Waals surface area contributed by atoms with Crippen molar-refractivity contribution in [2.75, 3.05) is 44.2 Å². The van der Waals surface area contributed by atoms with Gasteiger partial charge in [-0.05, 0) is 50.6 Å². The van der Waals surface area contributed by atoms with E-state index in [0.29, 0.717) is 23.4 Å². The molecule has 0 unspecified atom stereocenters. The van der Waals surface area contributed by atoms with Crippen LogP contribution in [-0.2, 0) is 9.53 Å². The molecule has 35 heavy (non-hydrogen) atoms. The number of nitrogens with one attached hydrogen (secondary N) is 2. The number of aryl methyl sites for hydroxylation is 1. The van der Waals surface area contributed by atoms with Crippen LogP contribution in [0.4, 0.5) is 10.5 Å². The SMILES string of the molecule is CCOC(=O)C1=C(CN2CCN(c3ccc(C(C)=O)cc3)CC2)NC(=O)N[C@H]1c1ccc(C)cc1. The summed E-state index contributed by atoms with van der Waals surface area (Å²) >= 11 is 0. The number of urea groups is 1. The average molecular weight is 477 g/mol. The van der Waals surface area contributed by atoms with Crippen LogP contribution in [0.25, 0.3) is 0 Å². The van der Waals surface area contributed by atoms with Gasteiger partial charge in [-0.25, -0.2) is 9.59 Å². The molecule has 1 fully saturated rings. The zero-order valence-electron chi connectivity index (χ0n) is 20.5. The molecule has 0 aromatic heterocycles. The lowest BCUT2D eigenvalue weighted by Crippen LogP contribution is -2.51. The van der Waals surface area contributed by atoms with Gasteiger partial charge in [0.1, 0.15) is 0 Å². The molecule has 0 radical (unpaired) electrons. The van der Waals surface area contributed by atoms with Crippen LogP contribution < -0.4 is 15.5 Å². The van der Waals surface area contributed by atoms with Crippen LogP contribution in [0.3, 0.4) is 0 Å². The van der Waals surface area contributed by atoms with E-state index in [1.165, 1.54) is 0 Å². The van der Waals surface area contributed by atoms with Crippen molar-refractivity contribution in [3.8, 4) is 0 Å². The molecule has 2 aliphatic rings. The number of ketones is 1. The second kappa shape index (κ2) is 10.7. The van der Waals surface area contributed by atoms with E-state index < -0.39 is 12.0 Å². The molecule has 2 N–H and O–H groups in total. The number of carbonyl (C=O) groups is 3. The lowest BCUT2D eigenvalue weighted by Gasteiger charge is -2.38. The fourth-order valence-electron chi connectivity index (χ4n) is 4.50. The third-order valence-corrected chi connectivity index (χ3v) is 6.45. The Morgan fingerprint density at radius 3 is 2.26 bits per heavy atom. The number of benzene rings is 2. The number of rotatable bonds is 7. The molecule has 0 saturated carbocycles. The average Bonchev–Trinajstić information content (AvgIpc) is 2.85. The number of ether oxygens (including phenoxy) is 1. The van der Waals surface area contributed by atoms with Gasteiger partial charge in [0.15, 0.2) is 5.78 Å². The molecule has 184 valence electrons. The largest absolute Gasteiger partial charge is 0.463 e. The predicted octanol–water partition coefficient (Wildman–Crippen LogP) is 3.19. The summed E-state index contributed by atoms with van der Waals surface area (Å²) in [5.74, 6) is -0.371. The van der Waals surface area contributed by atoms with Crippen molar-refractivity contribution >= 4 is 23.5 Å². The quantitative estimate of drug-likeness (QED) is 0.471. The second-order valence-corrected chi connectivity index (χ2v) is 8.92. The highest BCUT2D eigenvalue weighted by molar-refractivity contribution is 5.95. The molecular weight excluding hydrogens is 444 g/mol. The summed E-state index contributed by atoms with van der Waals surface area (Å²) in [6.07, 6.45) is 0. The van der Waals surface area contributed by atoms with Gasteiger partial charge in [0.25, 0.3) is 0 Å². The lowest BCUT2D eigenvalue weighted by molar-refractivity contribution is -0.139. The summed E-state index contributed by atoms with van der Waals surface area (Å²) in [6.45, 7) is 9.18. The van der Waals surface area contributed by atoms with E-state index in [1.807, 2.05) is 55.5 Å². The third-order valence-electron chi connectivity index (χ3n) is 6.45. The van der Waals surface area contributed by atoms with Crippen molar-refractivity contribution in [3.63, 3.8) is 0 Å². The highest BCUT2D eigenvalue weighted by Crippen LogP contribution is 2.29. The number of anilines is 1. The van der Waals surface area contributed by atoms with Gasteiger partial charge in [0.2, 0.25) is 0 Å². The van der Waals surface area contributed by atoms with Crippen molar-refractivity contribution in [3.05, 3.63) is 76.5 Å². The molecule has 8 nitrogen and oxygen atoms in total. The van der Waals surface area contributed by atoms with Gasteiger partial charge in [0, 0.05) is 49.7 Å². The van der Waals surface area contributed by atoms with Gasteiger partial charge in [-0.15, -0.1) is 0 Å². The first-order valence-electron chi connectivity index (χ1n) is 12.0. The molecule has 2 heterocycles. The highest BCUT2D eigenvalue weighted by Gasteiger charge is 2.34. The van der Waals surface area contributed by atoms with E-state index >= 15 is 0 Å². The van der Waals surface area contributed by atoms with E-state index in [4.69, 9.17) is 4.74 Å². The molecule has 2 aromatic carbocycles. The normalized spacial score (nSPS) is 18.7. The van der Waals surface area contributed by atoms with Crippen LogP contribution >= 0.6 is 0 Å². The maximum Gasteiger partial charge on any atom is 0.338 e. The first-order valence-corrected chi connectivity index (χ1v) is 12.0. The molecular formula is C27H32N4O4. The monoisotopic (exact) mass is 476 g/mol. The van der Waals surface area contributed by atoms with Crippen molar-refractivity contribution in [1.29, 1.82) is 0 Å². The van der Waals surface area contributed by atoms with Crippen LogP contribution in [0.1, 0.15) is 41.4 Å². The number of carbonyl (C=O) groups excluding carboxylic acids is 3. The molecule has 2 aromatic rings. The number of Topliss-reactive ketones (excluding diaryl/α,β-unsaturated/α-hetero) is 1. The first-order chi connectivity index (χ1) is 16.9. The number of nitrogens with zero attached hydrogens (tertiary/aromatic N) is 2. The number of hydrogen-bond acceptors (Lipinski definition) is 6. The van der Waals surface area contributed by atoms with Crippen LogP contribution in [0, 0.1) is 6.92 Å². The molecule has 8 heteroatoms. The summed E-state index contributed by atoms with van der Waals surface area (Å²) in [6, 6.07) is 14.6. The molecule has 0 aliphatic carbocycles. The second-order valence-electron chi connectivity index (χ2n) is 8.92. The van der Waals surface area contributed by atoms with Gasteiger partial charge in [-0.3, -0.25) is 9.69 Å². The first kappa shape index (κ1) is 24.5. The molecule has 1 saturated heterocycles. The minimum Gasteiger partial charge on any atom is -0.463 e. The zero-order chi connectivity index (χ0) is 24.9. The Balaban J connectivity index is 1.51. The smallest absolute Gasteiger partial charge is 0.338 e. The number of amides is 2. The standard InChI is InChI=1S/C27H32N4O4/c1-4-35-26(33)24-23(28-27(34)29-25(24)21-7-5-18(2)6-8-21)17-30-13-15-31(16-14-30)22-11-9-20(10-12-22)19(3)32/h5-12,25H,4,13-17H2,1-3H3,(H2,28,29,34)/t25-/m0/s1. The van der Waals surface area contributed by atoms with Crippen molar-refractivity contribution in [2.45, 2.75) is 26.8 Å².